The van der Waals surface area contributed by atoms with Gasteiger partial charge < -0.3 is 15.4 Å². The standard InChI is InChI=1S/C12H19N3O2/c1-12(2,17-4)8-15-11(16)9-5-6-10(13-3)14-7-9/h5-7H,8H2,1-4H3,(H,13,14)(H,15,16). The van der Waals surface area contributed by atoms with Crippen LogP contribution in [-0.4, -0.2) is 37.2 Å². The van der Waals surface area contributed by atoms with Crippen LogP contribution in [0.5, 0.6) is 0 Å². The number of ether oxygens (including phenoxy) is 1. The number of hydrogen-bond acceptors (Lipinski definition) is 4. The molecule has 0 aliphatic heterocycles. The maximum atomic E-state index is 11.8. The number of aromatic nitrogens is 1. The minimum atomic E-state index is -0.367. The molecule has 1 amide bonds. The van der Waals surface area contributed by atoms with E-state index in [2.05, 4.69) is 15.6 Å². The van der Waals surface area contributed by atoms with Crippen molar-refractivity contribution in [3.05, 3.63) is 23.9 Å². The fourth-order valence-corrected chi connectivity index (χ4v) is 1.14. The lowest BCUT2D eigenvalue weighted by molar-refractivity contribution is 0.0228. The van der Waals surface area contributed by atoms with Gasteiger partial charge in [-0.15, -0.1) is 0 Å². The highest BCUT2D eigenvalue weighted by Gasteiger charge is 2.17. The van der Waals surface area contributed by atoms with E-state index in [1.807, 2.05) is 13.8 Å². The van der Waals surface area contributed by atoms with Gasteiger partial charge in [-0.25, -0.2) is 4.98 Å². The summed E-state index contributed by atoms with van der Waals surface area (Å²) >= 11 is 0. The van der Waals surface area contributed by atoms with Crippen LogP contribution in [0.15, 0.2) is 18.3 Å². The number of methoxy groups -OCH3 is 1. The van der Waals surface area contributed by atoms with Crippen LogP contribution in [0.25, 0.3) is 0 Å². The fourth-order valence-electron chi connectivity index (χ4n) is 1.14. The van der Waals surface area contributed by atoms with E-state index in [1.54, 1.807) is 32.5 Å². The molecule has 1 heterocycles. The van der Waals surface area contributed by atoms with Crippen LogP contribution in [0.4, 0.5) is 5.82 Å². The molecule has 2 N–H and O–H groups in total. The minimum Gasteiger partial charge on any atom is -0.377 e. The molecule has 5 heteroatoms. The van der Waals surface area contributed by atoms with E-state index in [9.17, 15) is 4.79 Å². The second-order valence-corrected chi connectivity index (χ2v) is 4.33. The Kier molecular flexibility index (Phi) is 4.45. The molecule has 5 nitrogen and oxygen atoms in total. The summed E-state index contributed by atoms with van der Waals surface area (Å²) in [6, 6.07) is 3.49. The third kappa shape index (κ3) is 4.03. The molecule has 17 heavy (non-hydrogen) atoms. The van der Waals surface area contributed by atoms with E-state index < -0.39 is 0 Å². The second kappa shape index (κ2) is 5.63. The van der Waals surface area contributed by atoms with Crippen molar-refractivity contribution in [2.45, 2.75) is 19.4 Å². The van der Waals surface area contributed by atoms with Crippen molar-refractivity contribution in [2.24, 2.45) is 0 Å². The molecule has 0 aromatic carbocycles. The monoisotopic (exact) mass is 237 g/mol. The van der Waals surface area contributed by atoms with E-state index >= 15 is 0 Å². The third-order valence-corrected chi connectivity index (χ3v) is 2.51. The molecule has 0 unspecified atom stereocenters. The molecular formula is C12H19N3O2. The summed E-state index contributed by atoms with van der Waals surface area (Å²) in [6.45, 7) is 4.28. The van der Waals surface area contributed by atoms with Gasteiger partial charge in [-0.05, 0) is 26.0 Å². The van der Waals surface area contributed by atoms with Crippen LogP contribution in [0.3, 0.4) is 0 Å². The summed E-state index contributed by atoms with van der Waals surface area (Å²) in [5, 5.41) is 5.70. The van der Waals surface area contributed by atoms with E-state index in [-0.39, 0.29) is 11.5 Å². The van der Waals surface area contributed by atoms with Gasteiger partial charge in [-0.1, -0.05) is 0 Å². The number of nitrogens with zero attached hydrogens (tertiary/aromatic N) is 1. The van der Waals surface area contributed by atoms with E-state index in [4.69, 9.17) is 4.74 Å². The first-order valence-electron chi connectivity index (χ1n) is 5.45. The Morgan fingerprint density at radius 1 is 1.47 bits per heavy atom. The van der Waals surface area contributed by atoms with Crippen molar-refractivity contribution in [2.75, 3.05) is 26.0 Å². The number of rotatable bonds is 5. The topological polar surface area (TPSA) is 63.2 Å². The van der Waals surface area contributed by atoms with Gasteiger partial charge in [-0.3, -0.25) is 4.79 Å². The number of nitrogens with one attached hydrogen (secondary N) is 2. The summed E-state index contributed by atoms with van der Waals surface area (Å²) in [7, 11) is 3.40. The molecule has 0 aliphatic carbocycles. The smallest absolute Gasteiger partial charge is 0.252 e. The van der Waals surface area contributed by atoms with E-state index in [0.717, 1.165) is 5.82 Å². The van der Waals surface area contributed by atoms with Crippen molar-refractivity contribution in [3.8, 4) is 0 Å². The van der Waals surface area contributed by atoms with Crippen LogP contribution in [0, 0.1) is 0 Å². The van der Waals surface area contributed by atoms with Gasteiger partial charge in [0.1, 0.15) is 5.82 Å². The Morgan fingerprint density at radius 2 is 2.18 bits per heavy atom. The summed E-state index contributed by atoms with van der Waals surface area (Å²) in [5.74, 6) is 0.587. The first-order chi connectivity index (χ1) is 7.98. The van der Waals surface area contributed by atoms with Crippen LogP contribution in [0.2, 0.25) is 0 Å². The number of carbonyl (C=O) groups is 1. The zero-order valence-corrected chi connectivity index (χ0v) is 10.7. The van der Waals surface area contributed by atoms with Crippen LogP contribution in [0.1, 0.15) is 24.2 Å². The lowest BCUT2D eigenvalue weighted by atomic mass is 10.1. The Hall–Kier alpha value is -1.62. The molecule has 1 aromatic heterocycles. The second-order valence-electron chi connectivity index (χ2n) is 4.33. The largest absolute Gasteiger partial charge is 0.377 e. The maximum absolute atomic E-state index is 11.8. The SMILES string of the molecule is CNc1ccc(C(=O)NCC(C)(C)OC)cn1. The average Bonchev–Trinajstić information content (AvgIpc) is 2.36. The minimum absolute atomic E-state index is 0.148. The molecule has 0 atom stereocenters. The van der Waals surface area contributed by atoms with Crippen LogP contribution < -0.4 is 10.6 Å². The van der Waals surface area contributed by atoms with Crippen molar-refractivity contribution in [1.29, 1.82) is 0 Å². The molecule has 0 saturated heterocycles. The normalized spacial score (nSPS) is 11.1. The van der Waals surface area contributed by atoms with Crippen molar-refractivity contribution >= 4 is 11.7 Å². The first-order valence-corrected chi connectivity index (χ1v) is 5.45. The molecule has 1 aromatic rings. The number of amides is 1. The number of carbonyl (C=O) groups excluding carboxylic acids is 1. The molecule has 1 rings (SSSR count). The molecular weight excluding hydrogens is 218 g/mol. The van der Waals surface area contributed by atoms with Crippen molar-refractivity contribution < 1.29 is 9.53 Å². The average molecular weight is 237 g/mol. The van der Waals surface area contributed by atoms with Gasteiger partial charge in [0.25, 0.3) is 5.91 Å². The molecule has 0 fully saturated rings. The van der Waals surface area contributed by atoms with E-state index in [0.29, 0.717) is 12.1 Å². The third-order valence-electron chi connectivity index (χ3n) is 2.51. The molecule has 0 radical (unpaired) electrons. The predicted octanol–water partition coefficient (Wildman–Crippen LogP) is 1.28. The van der Waals surface area contributed by atoms with Gasteiger partial charge in [-0.2, -0.15) is 0 Å². The van der Waals surface area contributed by atoms with Gasteiger partial charge in [0.05, 0.1) is 11.2 Å². The highest BCUT2D eigenvalue weighted by Crippen LogP contribution is 2.07. The van der Waals surface area contributed by atoms with Gasteiger partial charge in [0, 0.05) is 26.9 Å². The maximum Gasteiger partial charge on any atom is 0.252 e. The number of anilines is 1. The molecule has 0 spiro atoms. The zero-order chi connectivity index (χ0) is 12.9. The summed E-state index contributed by atoms with van der Waals surface area (Å²) in [4.78, 5) is 15.9. The highest BCUT2D eigenvalue weighted by atomic mass is 16.5. The summed E-state index contributed by atoms with van der Waals surface area (Å²) < 4.78 is 5.22. The molecule has 0 aliphatic rings. The zero-order valence-electron chi connectivity index (χ0n) is 10.7. The lowest BCUT2D eigenvalue weighted by Crippen LogP contribution is -2.39. The van der Waals surface area contributed by atoms with Crippen LogP contribution >= 0.6 is 0 Å². The van der Waals surface area contributed by atoms with E-state index in [1.165, 1.54) is 0 Å². The van der Waals surface area contributed by atoms with Crippen molar-refractivity contribution in [3.63, 3.8) is 0 Å². The number of hydrogen-bond donors (Lipinski definition) is 2. The molecule has 0 bridgehead atoms. The van der Waals surface area contributed by atoms with Gasteiger partial charge >= 0.3 is 0 Å². The van der Waals surface area contributed by atoms with Gasteiger partial charge in [0.15, 0.2) is 0 Å². The molecule has 94 valence electrons. The van der Waals surface area contributed by atoms with Gasteiger partial charge in [0.2, 0.25) is 0 Å². The van der Waals surface area contributed by atoms with Crippen molar-refractivity contribution in [1.82, 2.24) is 10.3 Å². The molecule has 0 saturated carbocycles. The summed E-state index contributed by atoms with van der Waals surface area (Å²) in [5.41, 5.74) is 0.171. The highest BCUT2D eigenvalue weighted by molar-refractivity contribution is 5.94. The quantitative estimate of drug-likeness (QED) is 0.809. The first kappa shape index (κ1) is 13.4. The summed E-state index contributed by atoms with van der Waals surface area (Å²) in [6.07, 6.45) is 1.54. The Morgan fingerprint density at radius 3 is 2.65 bits per heavy atom. The van der Waals surface area contributed by atoms with Crippen LogP contribution in [-0.2, 0) is 4.74 Å². The predicted molar refractivity (Wildman–Crippen MR) is 67.2 cm³/mol. The Labute approximate surface area is 102 Å². The number of pyridine rings is 1. The fraction of sp³-hybridized carbons (Fsp3) is 0.500. The Bertz CT molecular complexity index is 374. The lowest BCUT2D eigenvalue weighted by Gasteiger charge is -2.23. The Balaban J connectivity index is 2.58.